The van der Waals surface area contributed by atoms with E-state index in [1.165, 1.54) is 12.3 Å². The number of hydrogen-bond acceptors (Lipinski definition) is 6. The van der Waals surface area contributed by atoms with Crippen LogP contribution in [0.25, 0.3) is 0 Å². The minimum atomic E-state index is -0.231. The minimum Gasteiger partial charge on any atom is -0.435 e. The van der Waals surface area contributed by atoms with Crippen LogP contribution >= 0.6 is 0 Å². The van der Waals surface area contributed by atoms with Gasteiger partial charge in [0.15, 0.2) is 5.75 Å². The molecule has 1 saturated heterocycles. The highest BCUT2D eigenvalue weighted by molar-refractivity contribution is 5.94. The van der Waals surface area contributed by atoms with E-state index in [1.807, 2.05) is 19.1 Å². The Balaban J connectivity index is 1.56. The first kappa shape index (κ1) is 18.8. The molecule has 29 heavy (non-hydrogen) atoms. The third kappa shape index (κ3) is 4.16. The van der Waals surface area contributed by atoms with Crippen molar-refractivity contribution in [3.05, 3.63) is 76.4 Å². The fourth-order valence-corrected chi connectivity index (χ4v) is 3.49. The zero-order valence-electron chi connectivity index (χ0n) is 16.0. The number of rotatable bonds is 4. The van der Waals surface area contributed by atoms with Crippen LogP contribution in [0, 0.1) is 6.92 Å². The highest BCUT2D eigenvalue weighted by Gasteiger charge is 2.29. The first-order valence-electron chi connectivity index (χ1n) is 9.50. The Morgan fingerprint density at radius 1 is 1.17 bits per heavy atom. The molecule has 1 unspecified atom stereocenters. The van der Waals surface area contributed by atoms with Crippen LogP contribution in [0.15, 0.2) is 53.8 Å². The molecule has 3 aromatic heterocycles. The van der Waals surface area contributed by atoms with Crippen LogP contribution in [-0.2, 0) is 0 Å². The van der Waals surface area contributed by atoms with E-state index in [-0.39, 0.29) is 17.4 Å². The van der Waals surface area contributed by atoms with Gasteiger partial charge < -0.3 is 14.6 Å². The third-order valence-corrected chi connectivity index (χ3v) is 4.98. The molecule has 0 bridgehead atoms. The summed E-state index contributed by atoms with van der Waals surface area (Å²) in [5, 5.41) is 0. The summed E-state index contributed by atoms with van der Waals surface area (Å²) in [6, 6.07) is 6.56. The second kappa shape index (κ2) is 8.22. The number of ether oxygens (including phenoxy) is 1. The molecule has 1 aliphatic heterocycles. The van der Waals surface area contributed by atoms with Gasteiger partial charge in [-0.25, -0.2) is 4.98 Å². The molecule has 0 spiro atoms. The molecule has 3 aromatic rings. The van der Waals surface area contributed by atoms with E-state index in [9.17, 15) is 9.59 Å². The summed E-state index contributed by atoms with van der Waals surface area (Å²) >= 11 is 0. The zero-order chi connectivity index (χ0) is 20.2. The smallest absolute Gasteiger partial charge is 0.255 e. The Morgan fingerprint density at radius 3 is 2.83 bits per heavy atom. The second-order valence-corrected chi connectivity index (χ2v) is 6.97. The molecule has 1 aliphatic rings. The van der Waals surface area contributed by atoms with Gasteiger partial charge in [0.1, 0.15) is 5.69 Å². The van der Waals surface area contributed by atoms with E-state index in [0.717, 1.165) is 24.2 Å². The molecule has 0 aromatic carbocycles. The molecule has 4 heterocycles. The summed E-state index contributed by atoms with van der Waals surface area (Å²) in [5.74, 6) is 0.967. The number of likely N-dealkylation sites (tertiary alicyclic amines) is 1. The Labute approximate surface area is 167 Å². The number of pyridine rings is 2. The van der Waals surface area contributed by atoms with Crippen molar-refractivity contribution in [3.63, 3.8) is 0 Å². The topological polar surface area (TPSA) is 101 Å². The molecule has 0 radical (unpaired) electrons. The molecule has 8 heteroatoms. The molecule has 1 N–H and O–H groups in total. The lowest BCUT2D eigenvalue weighted by Crippen LogP contribution is -2.39. The highest BCUT2D eigenvalue weighted by atomic mass is 16.5. The second-order valence-electron chi connectivity index (χ2n) is 6.97. The van der Waals surface area contributed by atoms with Crippen molar-refractivity contribution in [3.8, 4) is 11.6 Å². The van der Waals surface area contributed by atoms with Gasteiger partial charge in [0.2, 0.25) is 11.4 Å². The van der Waals surface area contributed by atoms with Crippen molar-refractivity contribution in [2.24, 2.45) is 0 Å². The molecule has 0 aliphatic carbocycles. The van der Waals surface area contributed by atoms with Crippen molar-refractivity contribution in [2.75, 3.05) is 13.1 Å². The van der Waals surface area contributed by atoms with Crippen molar-refractivity contribution in [2.45, 2.75) is 25.7 Å². The predicted octanol–water partition coefficient (Wildman–Crippen LogP) is 2.68. The highest BCUT2D eigenvalue weighted by Crippen LogP contribution is 2.33. The van der Waals surface area contributed by atoms with Crippen LogP contribution in [0.1, 0.15) is 40.5 Å². The van der Waals surface area contributed by atoms with Crippen molar-refractivity contribution < 1.29 is 9.53 Å². The molecular weight excluding hydrogens is 370 g/mol. The Morgan fingerprint density at radius 2 is 2.03 bits per heavy atom. The van der Waals surface area contributed by atoms with E-state index in [4.69, 9.17) is 4.74 Å². The number of aryl methyl sites for hydroxylation is 1. The summed E-state index contributed by atoms with van der Waals surface area (Å²) in [6.07, 6.45) is 8.13. The fourth-order valence-electron chi connectivity index (χ4n) is 3.49. The van der Waals surface area contributed by atoms with Gasteiger partial charge in [-0.3, -0.25) is 19.6 Å². The number of H-pyrrole nitrogens is 1. The molecule has 1 fully saturated rings. The number of nitrogens with one attached hydrogen (secondary N) is 1. The first-order valence-corrected chi connectivity index (χ1v) is 9.50. The minimum absolute atomic E-state index is 0.0103. The lowest BCUT2D eigenvalue weighted by molar-refractivity contribution is 0.0704. The third-order valence-electron chi connectivity index (χ3n) is 4.98. The largest absolute Gasteiger partial charge is 0.435 e. The van der Waals surface area contributed by atoms with Gasteiger partial charge in [-0.05, 0) is 38.0 Å². The standard InChI is InChI=1S/C21H21N5O3/c1-14-17(5-2-8-22-14)29-20-19(23-9-10-24-20)16-4-3-11-26(13-16)21(28)15-6-7-18(27)25-12-15/h2,5-10,12,16H,3-4,11,13H2,1H3,(H,25,27). The van der Waals surface area contributed by atoms with E-state index in [1.54, 1.807) is 29.6 Å². The lowest BCUT2D eigenvalue weighted by atomic mass is 9.94. The van der Waals surface area contributed by atoms with Gasteiger partial charge in [0.25, 0.3) is 5.91 Å². The summed E-state index contributed by atoms with van der Waals surface area (Å²) < 4.78 is 6.01. The molecule has 1 atom stereocenters. The number of carbonyl (C=O) groups excluding carboxylic acids is 1. The van der Waals surface area contributed by atoms with Crippen LogP contribution in [-0.4, -0.2) is 43.8 Å². The number of aromatic amines is 1. The Kier molecular flexibility index (Phi) is 5.33. The maximum atomic E-state index is 12.8. The van der Waals surface area contributed by atoms with E-state index < -0.39 is 0 Å². The Bertz CT molecular complexity index is 1060. The molecule has 148 valence electrons. The lowest BCUT2D eigenvalue weighted by Gasteiger charge is -2.32. The van der Waals surface area contributed by atoms with Gasteiger partial charge in [-0.2, -0.15) is 0 Å². The average Bonchev–Trinajstić information content (AvgIpc) is 2.76. The van der Waals surface area contributed by atoms with Gasteiger partial charge in [0.05, 0.1) is 11.3 Å². The molecule has 0 saturated carbocycles. The molecular formula is C21H21N5O3. The van der Waals surface area contributed by atoms with Crippen LogP contribution < -0.4 is 10.3 Å². The van der Waals surface area contributed by atoms with Crippen LogP contribution in [0.5, 0.6) is 11.6 Å². The van der Waals surface area contributed by atoms with Gasteiger partial charge in [0, 0.05) is 49.9 Å². The van der Waals surface area contributed by atoms with Gasteiger partial charge in [-0.15, -0.1) is 0 Å². The van der Waals surface area contributed by atoms with E-state index in [2.05, 4.69) is 19.9 Å². The number of aromatic nitrogens is 4. The van der Waals surface area contributed by atoms with E-state index in [0.29, 0.717) is 30.3 Å². The number of amides is 1. The number of carbonyl (C=O) groups is 1. The monoisotopic (exact) mass is 391 g/mol. The number of hydrogen-bond donors (Lipinski definition) is 1. The van der Waals surface area contributed by atoms with Gasteiger partial charge >= 0.3 is 0 Å². The molecule has 8 nitrogen and oxygen atoms in total. The average molecular weight is 391 g/mol. The van der Waals surface area contributed by atoms with Crippen molar-refractivity contribution in [1.82, 2.24) is 24.8 Å². The summed E-state index contributed by atoms with van der Waals surface area (Å²) in [4.78, 5) is 41.6. The molecule has 4 rings (SSSR count). The summed E-state index contributed by atoms with van der Waals surface area (Å²) in [5.41, 5.74) is 1.73. The van der Waals surface area contributed by atoms with Crippen LogP contribution in [0.4, 0.5) is 0 Å². The fraction of sp³-hybridized carbons (Fsp3) is 0.286. The SMILES string of the molecule is Cc1ncccc1Oc1nccnc1C1CCCN(C(=O)c2ccc(=O)[nH]c2)C1. The predicted molar refractivity (Wildman–Crippen MR) is 106 cm³/mol. The van der Waals surface area contributed by atoms with Crippen molar-refractivity contribution in [1.29, 1.82) is 0 Å². The van der Waals surface area contributed by atoms with Crippen molar-refractivity contribution >= 4 is 5.91 Å². The maximum absolute atomic E-state index is 12.8. The normalized spacial score (nSPS) is 16.4. The van der Waals surface area contributed by atoms with Crippen LogP contribution in [0.2, 0.25) is 0 Å². The number of piperidine rings is 1. The van der Waals surface area contributed by atoms with E-state index >= 15 is 0 Å². The zero-order valence-corrected chi connectivity index (χ0v) is 16.0. The van der Waals surface area contributed by atoms with Crippen LogP contribution in [0.3, 0.4) is 0 Å². The van der Waals surface area contributed by atoms with Gasteiger partial charge in [-0.1, -0.05) is 0 Å². The number of nitrogens with zero attached hydrogens (tertiary/aromatic N) is 4. The maximum Gasteiger partial charge on any atom is 0.255 e. The Hall–Kier alpha value is -3.55. The first-order chi connectivity index (χ1) is 14.1. The summed E-state index contributed by atoms with van der Waals surface area (Å²) in [7, 11) is 0. The summed E-state index contributed by atoms with van der Waals surface area (Å²) in [6.45, 7) is 3.04. The molecule has 1 amide bonds. The quantitative estimate of drug-likeness (QED) is 0.734.